The van der Waals surface area contributed by atoms with Crippen LogP contribution in [0.5, 0.6) is 5.88 Å². The average Bonchev–Trinajstić information content (AvgIpc) is 3.67. The maximum atomic E-state index is 13.7. The van der Waals surface area contributed by atoms with Crippen molar-refractivity contribution in [3.05, 3.63) is 42.0 Å². The molecule has 10 nitrogen and oxygen atoms in total. The fourth-order valence-corrected chi connectivity index (χ4v) is 8.69. The molecule has 2 aromatic heterocycles. The molecule has 1 aromatic carbocycles. The smallest absolute Gasteiger partial charge is 0.304 e. The highest BCUT2D eigenvalue weighted by molar-refractivity contribution is 7.89. The number of sulfonamides is 1. The number of fused-ring (bicyclic) bond motifs is 1. The molecular weight excluding hydrogens is 588 g/mol. The van der Waals surface area contributed by atoms with Crippen LogP contribution in [0.4, 0.5) is 5.13 Å². The van der Waals surface area contributed by atoms with Gasteiger partial charge in [-0.15, -0.1) is 0 Å². The number of pyridine rings is 1. The Morgan fingerprint density at radius 1 is 1.00 bits per heavy atom. The predicted molar refractivity (Wildman–Crippen MR) is 166 cm³/mol. The molecule has 2 aliphatic rings. The van der Waals surface area contributed by atoms with Crippen molar-refractivity contribution < 1.29 is 27.9 Å². The second-order valence-electron chi connectivity index (χ2n) is 11.7. The number of hydrogen-bond donors (Lipinski definition) is 2. The van der Waals surface area contributed by atoms with Crippen LogP contribution in [0.2, 0.25) is 0 Å². The lowest BCUT2D eigenvalue weighted by molar-refractivity contribution is -0.137. The summed E-state index contributed by atoms with van der Waals surface area (Å²) in [5.74, 6) is -0.558. The largest absolute Gasteiger partial charge is 0.481 e. The molecule has 43 heavy (non-hydrogen) atoms. The van der Waals surface area contributed by atoms with Crippen molar-refractivity contribution in [3.8, 4) is 5.88 Å². The van der Waals surface area contributed by atoms with E-state index >= 15 is 0 Å². The number of thiazole rings is 1. The second-order valence-corrected chi connectivity index (χ2v) is 14.6. The highest BCUT2D eigenvalue weighted by Gasteiger charge is 2.31. The maximum absolute atomic E-state index is 13.7. The van der Waals surface area contributed by atoms with E-state index in [1.165, 1.54) is 15.6 Å². The number of nitrogens with zero attached hydrogens (tertiary/aromatic N) is 3. The predicted octanol–water partition coefficient (Wildman–Crippen LogP) is 6.05. The van der Waals surface area contributed by atoms with Crippen LogP contribution in [0.3, 0.4) is 0 Å². The number of benzene rings is 1. The monoisotopic (exact) mass is 628 g/mol. The fourth-order valence-electron chi connectivity index (χ4n) is 6.34. The summed E-state index contributed by atoms with van der Waals surface area (Å²) in [6.45, 7) is 0.262. The van der Waals surface area contributed by atoms with E-state index in [9.17, 15) is 23.1 Å². The lowest BCUT2D eigenvalue weighted by Gasteiger charge is -2.29. The summed E-state index contributed by atoms with van der Waals surface area (Å²) in [7, 11) is -2.36. The number of carbonyl (C=O) groups is 2. The van der Waals surface area contributed by atoms with Crippen molar-refractivity contribution in [3.63, 3.8) is 0 Å². The maximum Gasteiger partial charge on any atom is 0.304 e. The van der Waals surface area contributed by atoms with Gasteiger partial charge in [0.25, 0.3) is 0 Å². The Kier molecular flexibility index (Phi) is 10.3. The molecule has 2 aliphatic carbocycles. The molecular formula is C31H40N4O6S2. The molecule has 0 unspecified atom stereocenters. The summed E-state index contributed by atoms with van der Waals surface area (Å²) in [5.41, 5.74) is 1.41. The fraction of sp³-hybridized carbons (Fsp3) is 0.548. The normalized spacial score (nSPS) is 17.3. The van der Waals surface area contributed by atoms with Gasteiger partial charge in [0.05, 0.1) is 24.3 Å². The van der Waals surface area contributed by atoms with Crippen LogP contribution < -0.4 is 10.1 Å². The number of aliphatic carboxylic acids is 1. The van der Waals surface area contributed by atoms with Gasteiger partial charge in [0.1, 0.15) is 10.3 Å². The van der Waals surface area contributed by atoms with Gasteiger partial charge in [-0.1, -0.05) is 68.4 Å². The number of nitrogens with one attached hydrogen (secondary N) is 1. The molecule has 5 rings (SSSR count). The first kappa shape index (κ1) is 31.3. The van der Waals surface area contributed by atoms with Crippen LogP contribution in [-0.2, 0) is 19.6 Å². The zero-order chi connectivity index (χ0) is 30.4. The van der Waals surface area contributed by atoms with Crippen molar-refractivity contribution >= 4 is 48.7 Å². The Bertz CT molecular complexity index is 1510. The SMILES string of the molecule is COc1ccc2nc(NC(=O)[C@H](CC3CCCC3)c3ccc(S(=O)(=O)N(CCC(=O)O)CC4CCCCC4)cc3)sc2n1. The third kappa shape index (κ3) is 7.90. The first-order chi connectivity index (χ1) is 20.7. The average molecular weight is 629 g/mol. The number of rotatable bonds is 13. The quantitative estimate of drug-likeness (QED) is 0.233. The Morgan fingerprint density at radius 3 is 2.35 bits per heavy atom. The number of carboxylic acid groups (broad SMARTS) is 1. The highest BCUT2D eigenvalue weighted by atomic mass is 32.2. The zero-order valence-corrected chi connectivity index (χ0v) is 26.2. The Labute approximate surface area is 256 Å². The molecule has 0 spiro atoms. The summed E-state index contributed by atoms with van der Waals surface area (Å²) in [6, 6.07) is 10.1. The van der Waals surface area contributed by atoms with Crippen molar-refractivity contribution in [2.24, 2.45) is 11.8 Å². The molecule has 0 radical (unpaired) electrons. The minimum atomic E-state index is -3.91. The first-order valence-corrected chi connectivity index (χ1v) is 17.4. The van der Waals surface area contributed by atoms with Gasteiger partial charge in [0.2, 0.25) is 21.8 Å². The molecule has 232 valence electrons. The van der Waals surface area contributed by atoms with Crippen LogP contribution in [0, 0.1) is 11.8 Å². The van der Waals surface area contributed by atoms with Crippen molar-refractivity contribution in [1.82, 2.24) is 14.3 Å². The van der Waals surface area contributed by atoms with E-state index in [0.29, 0.717) is 40.2 Å². The lowest BCUT2D eigenvalue weighted by Crippen LogP contribution is -2.37. The van der Waals surface area contributed by atoms with Gasteiger partial charge in [0, 0.05) is 19.2 Å². The Balaban J connectivity index is 1.36. The summed E-state index contributed by atoms with van der Waals surface area (Å²) in [4.78, 5) is 34.7. The molecule has 2 fully saturated rings. The summed E-state index contributed by atoms with van der Waals surface area (Å²) < 4.78 is 34.0. The van der Waals surface area contributed by atoms with Gasteiger partial charge >= 0.3 is 5.97 Å². The molecule has 0 bridgehead atoms. The number of carboxylic acids is 1. The molecule has 0 aliphatic heterocycles. The molecule has 0 saturated heterocycles. The molecule has 1 amide bonds. The van der Waals surface area contributed by atoms with Gasteiger partial charge in [-0.3, -0.25) is 9.59 Å². The van der Waals surface area contributed by atoms with Gasteiger partial charge in [0.15, 0.2) is 5.13 Å². The number of methoxy groups -OCH3 is 1. The highest BCUT2D eigenvalue weighted by Crippen LogP contribution is 2.36. The van der Waals surface area contributed by atoms with Crippen molar-refractivity contribution in [2.45, 2.75) is 81.4 Å². The van der Waals surface area contributed by atoms with Crippen molar-refractivity contribution in [1.29, 1.82) is 0 Å². The summed E-state index contributed by atoms with van der Waals surface area (Å²) in [5, 5.41) is 12.7. The van der Waals surface area contributed by atoms with Crippen LogP contribution in [-0.4, -0.2) is 59.9 Å². The van der Waals surface area contributed by atoms with Gasteiger partial charge in [-0.05, 0) is 54.9 Å². The molecule has 2 saturated carbocycles. The third-order valence-electron chi connectivity index (χ3n) is 8.71. The van der Waals surface area contributed by atoms with E-state index in [0.717, 1.165) is 63.4 Å². The molecule has 2 N–H and O–H groups in total. The molecule has 2 heterocycles. The van der Waals surface area contributed by atoms with Crippen LogP contribution in [0.15, 0.2) is 41.3 Å². The molecule has 3 aromatic rings. The Morgan fingerprint density at radius 2 is 1.67 bits per heavy atom. The van der Waals surface area contributed by atoms with Gasteiger partial charge in [-0.2, -0.15) is 4.31 Å². The first-order valence-electron chi connectivity index (χ1n) is 15.2. The van der Waals surface area contributed by atoms with Crippen LogP contribution in [0.25, 0.3) is 10.3 Å². The minimum absolute atomic E-state index is 0.0640. The van der Waals surface area contributed by atoms with E-state index in [4.69, 9.17) is 4.74 Å². The van der Waals surface area contributed by atoms with E-state index < -0.39 is 21.9 Å². The second kappa shape index (κ2) is 14.1. The van der Waals surface area contributed by atoms with Crippen molar-refractivity contribution in [2.75, 3.05) is 25.5 Å². The zero-order valence-electron chi connectivity index (χ0n) is 24.5. The number of anilines is 1. The van der Waals surface area contributed by atoms with Gasteiger partial charge < -0.3 is 15.2 Å². The van der Waals surface area contributed by atoms with Crippen LogP contribution >= 0.6 is 11.3 Å². The van der Waals surface area contributed by atoms with Crippen LogP contribution in [0.1, 0.15) is 82.1 Å². The number of aromatic nitrogens is 2. The van der Waals surface area contributed by atoms with E-state index in [1.54, 1.807) is 43.5 Å². The minimum Gasteiger partial charge on any atom is -0.481 e. The third-order valence-corrected chi connectivity index (χ3v) is 11.5. The standard InChI is InChI=1S/C31H40N4O6S2/c1-41-27-16-15-26-30(33-27)42-31(32-26)34-29(38)25(19-21-7-5-6-8-21)23-11-13-24(14-12-23)43(39,40)35(18-17-28(36)37)20-22-9-3-2-4-10-22/h11-16,21-22,25H,2-10,17-20H2,1H3,(H,36,37)(H,32,34,38)/t25-/m1/s1. The number of carbonyl (C=O) groups excluding carboxylic acids is 1. The summed E-state index contributed by atoms with van der Waals surface area (Å²) in [6.07, 6.45) is 10.0. The topological polar surface area (TPSA) is 139 Å². The molecule has 12 heteroatoms. The lowest BCUT2D eigenvalue weighted by atomic mass is 9.87. The summed E-state index contributed by atoms with van der Waals surface area (Å²) >= 11 is 1.28. The van der Waals surface area contributed by atoms with Gasteiger partial charge in [-0.25, -0.2) is 18.4 Å². The van der Waals surface area contributed by atoms with E-state index in [-0.39, 0.29) is 29.7 Å². The van der Waals surface area contributed by atoms with E-state index in [1.807, 2.05) is 0 Å². The molecule has 1 atom stereocenters. The number of ether oxygens (including phenoxy) is 1. The number of amides is 1. The number of hydrogen-bond acceptors (Lipinski definition) is 8. The van der Waals surface area contributed by atoms with E-state index in [2.05, 4.69) is 15.3 Å². The Hall–Kier alpha value is -3.09.